The average molecular weight is 1080 g/mol. The predicted octanol–water partition coefficient (Wildman–Crippen LogP) is 3.19. The highest BCUT2D eigenvalue weighted by Crippen LogP contribution is 2.33. The first kappa shape index (κ1) is 66.7. The topological polar surface area (TPSA) is 307 Å². The summed E-state index contributed by atoms with van der Waals surface area (Å²) in [5.74, 6) is -0.342. The molecule has 0 aromatic rings. The van der Waals surface area contributed by atoms with Gasteiger partial charge in [-0.1, -0.05) is 123 Å². The molecule has 0 aliphatic carbocycles. The largest absolute Gasteiger partial charge is 0.394 e. The molecule has 17 atom stereocenters. The van der Waals surface area contributed by atoms with Crippen LogP contribution in [0.2, 0.25) is 0 Å². The maximum atomic E-state index is 13.2. The van der Waals surface area contributed by atoms with E-state index in [-0.39, 0.29) is 12.3 Å². The Bertz CT molecular complexity index is 1810. The van der Waals surface area contributed by atoms with Crippen LogP contribution in [0.1, 0.15) is 110 Å². The summed E-state index contributed by atoms with van der Waals surface area (Å²) < 4.78 is 34.0. The second kappa shape index (κ2) is 39.8. The van der Waals surface area contributed by atoms with Crippen molar-refractivity contribution in [1.29, 1.82) is 0 Å². The molecule has 0 saturated carbocycles. The average Bonchev–Trinajstić information content (AvgIpc) is 3.42. The molecule has 3 rings (SSSR count). The van der Waals surface area contributed by atoms with E-state index in [2.05, 4.69) is 116 Å². The first-order valence-electron chi connectivity index (χ1n) is 27.1. The standard InChI is InChI=1S/C57H91NO18/c1-3-5-7-9-11-13-15-16-17-18-19-20-21-22-23-24-25-27-29-31-33-35-45(63)58-40(41(62)34-32-30-28-26-14-12-10-8-6-4-2)39-71-55-51(69)48(66)53(43(37-60)73-55)76-57-52(70)49(67)54(44(38-61)74-57)75-56-50(68)47(65)46(64)42(36-59)72-56/h5-8,11,13-14,16-17,19-20,22-23,25-27,32,34,40-44,46-57,59-62,64-70H,3-4,9-10,12,15,18,21,24,28-31,33,35-39H2,1-2H3,(H,58,63)/b7-5-,8-6+,13-11-,17-16-,20-19-,23-22-,26-14+,27-25-,34-32+. The third-order valence-corrected chi connectivity index (χ3v) is 12.8. The SMILES string of the molecule is CC/C=C\C/C=C\C/C=C\C/C=C\C/C=C\C/C=C\CCCCC(=O)NC(COC1OC(CO)C(OC2OC(CO)C(OC3OC(CO)C(O)C(O)C3O)C(O)C2O)C(O)C1O)C(O)/C=C/CC/C=C/CC/C=C/CC. The van der Waals surface area contributed by atoms with Gasteiger partial charge in [0.15, 0.2) is 18.9 Å². The van der Waals surface area contributed by atoms with Gasteiger partial charge < -0.3 is 89.9 Å². The summed E-state index contributed by atoms with van der Waals surface area (Å²) in [7, 11) is 0. The van der Waals surface area contributed by atoms with Crippen LogP contribution in [-0.2, 0) is 33.2 Å². The van der Waals surface area contributed by atoms with Crippen LogP contribution in [0, 0.1) is 0 Å². The molecule has 3 heterocycles. The van der Waals surface area contributed by atoms with Crippen LogP contribution in [0.4, 0.5) is 0 Å². The first-order chi connectivity index (χ1) is 36.8. The fourth-order valence-electron chi connectivity index (χ4n) is 8.35. The lowest BCUT2D eigenvalue weighted by Crippen LogP contribution is -2.66. The van der Waals surface area contributed by atoms with Gasteiger partial charge >= 0.3 is 0 Å². The molecule has 3 aliphatic rings. The molecular formula is C57H91NO18. The molecule has 0 spiro atoms. The fraction of sp³-hybridized carbons (Fsp3) is 0.667. The number of allylic oxidation sites excluding steroid dienone is 17. The second-order valence-electron chi connectivity index (χ2n) is 18.9. The molecule has 1 amide bonds. The Kier molecular flexibility index (Phi) is 34.9. The molecular weight excluding hydrogens is 987 g/mol. The highest BCUT2D eigenvalue weighted by atomic mass is 16.8. The second-order valence-corrected chi connectivity index (χ2v) is 18.9. The minimum Gasteiger partial charge on any atom is -0.394 e. The van der Waals surface area contributed by atoms with Gasteiger partial charge in [0.2, 0.25) is 5.91 Å². The summed E-state index contributed by atoms with van der Waals surface area (Å²) in [4.78, 5) is 13.2. The van der Waals surface area contributed by atoms with Gasteiger partial charge in [-0.2, -0.15) is 0 Å². The van der Waals surface area contributed by atoms with Gasteiger partial charge in [-0.15, -0.1) is 0 Å². The summed E-state index contributed by atoms with van der Waals surface area (Å²) >= 11 is 0. The highest BCUT2D eigenvalue weighted by molar-refractivity contribution is 5.76. The number of hydrogen-bond acceptors (Lipinski definition) is 18. The van der Waals surface area contributed by atoms with Crippen LogP contribution in [0.3, 0.4) is 0 Å². The van der Waals surface area contributed by atoms with Gasteiger partial charge in [0.05, 0.1) is 38.6 Å². The van der Waals surface area contributed by atoms with E-state index in [0.717, 1.165) is 77.0 Å². The molecule has 0 radical (unpaired) electrons. The van der Waals surface area contributed by atoms with Crippen molar-refractivity contribution < 1.29 is 89.4 Å². The Balaban J connectivity index is 1.53. The van der Waals surface area contributed by atoms with Gasteiger partial charge in [0, 0.05) is 6.42 Å². The number of nitrogens with one attached hydrogen (secondary N) is 1. The van der Waals surface area contributed by atoms with E-state index in [1.165, 1.54) is 0 Å². The number of aliphatic hydroxyl groups excluding tert-OH is 11. The molecule has 12 N–H and O–H groups in total. The molecule has 19 nitrogen and oxygen atoms in total. The van der Waals surface area contributed by atoms with Crippen molar-refractivity contribution in [2.24, 2.45) is 0 Å². The zero-order chi connectivity index (χ0) is 55.5. The lowest BCUT2D eigenvalue weighted by atomic mass is 9.96. The quantitative estimate of drug-likeness (QED) is 0.0317. The van der Waals surface area contributed by atoms with Gasteiger partial charge in [0.25, 0.3) is 0 Å². The van der Waals surface area contributed by atoms with E-state index < -0.39 is 131 Å². The van der Waals surface area contributed by atoms with Crippen LogP contribution in [0.15, 0.2) is 109 Å². The van der Waals surface area contributed by atoms with Crippen LogP contribution in [0.25, 0.3) is 0 Å². The summed E-state index contributed by atoms with van der Waals surface area (Å²) in [6.07, 6.45) is 22.5. The summed E-state index contributed by atoms with van der Waals surface area (Å²) in [6, 6.07) is -1.02. The minimum atomic E-state index is -1.99. The smallest absolute Gasteiger partial charge is 0.220 e. The van der Waals surface area contributed by atoms with Crippen molar-refractivity contribution in [2.45, 2.75) is 214 Å². The number of carbonyl (C=O) groups is 1. The van der Waals surface area contributed by atoms with E-state index in [4.69, 9.17) is 28.4 Å². The third-order valence-electron chi connectivity index (χ3n) is 12.8. The van der Waals surface area contributed by atoms with Gasteiger partial charge in [-0.05, 0) is 89.9 Å². The number of rotatable bonds is 36. The summed E-state index contributed by atoms with van der Waals surface area (Å²) in [5.41, 5.74) is 0. The highest BCUT2D eigenvalue weighted by Gasteiger charge is 2.53. The van der Waals surface area contributed by atoms with E-state index >= 15 is 0 Å². The van der Waals surface area contributed by atoms with Crippen molar-refractivity contribution in [3.05, 3.63) is 109 Å². The third kappa shape index (κ3) is 24.2. The number of aliphatic hydroxyl groups is 11. The van der Waals surface area contributed by atoms with Crippen molar-refractivity contribution in [3.8, 4) is 0 Å². The Morgan fingerprint density at radius 3 is 1.37 bits per heavy atom. The van der Waals surface area contributed by atoms with Crippen LogP contribution in [-0.4, -0.2) is 193 Å². The maximum Gasteiger partial charge on any atom is 0.220 e. The zero-order valence-corrected chi connectivity index (χ0v) is 44.4. The molecule has 0 aromatic heterocycles. The first-order valence-corrected chi connectivity index (χ1v) is 27.1. The van der Waals surface area contributed by atoms with Gasteiger partial charge in [0.1, 0.15) is 73.2 Å². The number of carbonyl (C=O) groups excluding carboxylic acids is 1. The monoisotopic (exact) mass is 1080 g/mol. The van der Waals surface area contributed by atoms with E-state index in [9.17, 15) is 61.0 Å². The number of unbranched alkanes of at least 4 members (excludes halogenated alkanes) is 4. The van der Waals surface area contributed by atoms with Gasteiger partial charge in [-0.25, -0.2) is 0 Å². The molecule has 3 aliphatic heterocycles. The van der Waals surface area contributed by atoms with Crippen LogP contribution in [0.5, 0.6) is 0 Å². The van der Waals surface area contributed by atoms with Crippen molar-refractivity contribution >= 4 is 5.91 Å². The molecule has 3 saturated heterocycles. The minimum absolute atomic E-state index is 0.169. The Labute approximate surface area is 449 Å². The predicted molar refractivity (Wildman–Crippen MR) is 286 cm³/mol. The summed E-state index contributed by atoms with van der Waals surface area (Å²) in [6.45, 7) is 1.36. The summed E-state index contributed by atoms with van der Waals surface area (Å²) in [5, 5.41) is 120. The molecule has 0 aromatic carbocycles. The Morgan fingerprint density at radius 2 is 0.868 bits per heavy atom. The molecule has 17 unspecified atom stereocenters. The van der Waals surface area contributed by atoms with Crippen LogP contribution < -0.4 is 5.32 Å². The normalized spacial score (nSPS) is 31.8. The van der Waals surface area contributed by atoms with Gasteiger partial charge in [-0.3, -0.25) is 4.79 Å². The molecule has 19 heteroatoms. The van der Waals surface area contributed by atoms with E-state index in [1.807, 2.05) is 0 Å². The Hall–Kier alpha value is -3.55. The van der Waals surface area contributed by atoms with Crippen molar-refractivity contribution in [2.75, 3.05) is 26.4 Å². The zero-order valence-electron chi connectivity index (χ0n) is 44.4. The molecule has 0 bridgehead atoms. The number of hydrogen-bond donors (Lipinski definition) is 12. The number of amides is 1. The van der Waals surface area contributed by atoms with E-state index in [1.54, 1.807) is 12.2 Å². The molecule has 3 fully saturated rings. The fourth-order valence-corrected chi connectivity index (χ4v) is 8.35. The van der Waals surface area contributed by atoms with Crippen LogP contribution >= 0.6 is 0 Å². The Morgan fingerprint density at radius 1 is 0.474 bits per heavy atom. The van der Waals surface area contributed by atoms with E-state index in [0.29, 0.717) is 12.8 Å². The number of ether oxygens (including phenoxy) is 6. The molecule has 76 heavy (non-hydrogen) atoms. The van der Waals surface area contributed by atoms with Crippen molar-refractivity contribution in [3.63, 3.8) is 0 Å². The van der Waals surface area contributed by atoms with Crippen molar-refractivity contribution in [1.82, 2.24) is 5.32 Å². The lowest BCUT2D eigenvalue weighted by Gasteiger charge is -2.48. The molecule has 432 valence electrons. The maximum absolute atomic E-state index is 13.2. The lowest BCUT2D eigenvalue weighted by molar-refractivity contribution is -0.379.